The van der Waals surface area contributed by atoms with E-state index in [2.05, 4.69) is 14.7 Å². The Morgan fingerprint density at radius 3 is 2.40 bits per heavy atom. The Morgan fingerprint density at radius 1 is 1.06 bits per heavy atom. The minimum absolute atomic E-state index is 0.0535. The van der Waals surface area contributed by atoms with Crippen LogP contribution in [-0.4, -0.2) is 51.7 Å². The van der Waals surface area contributed by atoms with Crippen LogP contribution in [0.15, 0.2) is 53.0 Å². The normalized spacial score (nSPS) is 11.0. The standard InChI is InChI=1S/C23H19Cl2N3O6S/c1-34-23(32)17-8-12(20(29)28-35(2,3)33)4-6-16(17)21(30)27-19-9-13(11-26-22(19)31)15-7-5-14(24)10-18(15)25/h4-11H,1-3H3,(H,26,31)(H,27,30). The molecule has 182 valence electrons. The van der Waals surface area contributed by atoms with Crippen LogP contribution < -0.4 is 5.32 Å². The second-order valence-electron chi connectivity index (χ2n) is 7.50. The third-order valence-electron chi connectivity index (χ3n) is 4.58. The van der Waals surface area contributed by atoms with Crippen molar-refractivity contribution in [3.8, 4) is 17.0 Å². The molecule has 12 heteroatoms. The summed E-state index contributed by atoms with van der Waals surface area (Å²) in [5.41, 5.74) is 0.566. The number of nitrogens with zero attached hydrogens (tertiary/aromatic N) is 2. The number of benzene rings is 2. The van der Waals surface area contributed by atoms with Crippen LogP contribution in [0.3, 0.4) is 0 Å². The number of carbonyl (C=O) groups excluding carboxylic acids is 3. The van der Waals surface area contributed by atoms with E-state index in [0.717, 1.165) is 13.2 Å². The molecule has 2 N–H and O–H groups in total. The Bertz CT molecular complexity index is 1470. The number of nitrogens with one attached hydrogen (secondary N) is 1. The van der Waals surface area contributed by atoms with Crippen LogP contribution in [-0.2, 0) is 14.5 Å². The van der Waals surface area contributed by atoms with E-state index in [1.54, 1.807) is 12.1 Å². The van der Waals surface area contributed by atoms with Gasteiger partial charge in [-0.25, -0.2) is 14.0 Å². The quantitative estimate of drug-likeness (QED) is 0.453. The van der Waals surface area contributed by atoms with E-state index < -0.39 is 33.4 Å². The van der Waals surface area contributed by atoms with Gasteiger partial charge >= 0.3 is 5.97 Å². The number of aromatic nitrogens is 1. The summed E-state index contributed by atoms with van der Waals surface area (Å²) >= 11 is 12.2. The minimum Gasteiger partial charge on any atom is -0.492 e. The maximum atomic E-state index is 13.0. The molecule has 3 aromatic rings. The third kappa shape index (κ3) is 6.36. The first-order valence-corrected chi connectivity index (χ1v) is 12.9. The fraction of sp³-hybridized carbons (Fsp3) is 0.130. The summed E-state index contributed by atoms with van der Waals surface area (Å²) in [4.78, 5) is 41.5. The third-order valence-corrected chi connectivity index (χ3v) is 5.73. The van der Waals surface area contributed by atoms with Gasteiger partial charge in [0.15, 0.2) is 0 Å². The van der Waals surface area contributed by atoms with E-state index in [9.17, 15) is 23.7 Å². The number of methoxy groups -OCH3 is 1. The average molecular weight is 536 g/mol. The van der Waals surface area contributed by atoms with E-state index in [1.165, 1.54) is 43.0 Å². The Balaban J connectivity index is 2.00. The molecule has 9 nitrogen and oxygen atoms in total. The molecule has 0 fully saturated rings. The number of halogens is 2. The molecule has 2 amide bonds. The summed E-state index contributed by atoms with van der Waals surface area (Å²) in [6.45, 7) is 0. The summed E-state index contributed by atoms with van der Waals surface area (Å²) < 4.78 is 20.2. The summed E-state index contributed by atoms with van der Waals surface area (Å²) in [6.07, 6.45) is 3.95. The topological polar surface area (TPSA) is 135 Å². The van der Waals surface area contributed by atoms with E-state index in [1.807, 2.05) is 0 Å². The van der Waals surface area contributed by atoms with Crippen molar-refractivity contribution in [2.24, 2.45) is 4.36 Å². The van der Waals surface area contributed by atoms with Gasteiger partial charge in [-0.15, -0.1) is 0 Å². The number of esters is 1. The van der Waals surface area contributed by atoms with Crippen LogP contribution in [0.2, 0.25) is 10.0 Å². The van der Waals surface area contributed by atoms with Gasteiger partial charge in [0.05, 0.1) is 18.2 Å². The van der Waals surface area contributed by atoms with Crippen LogP contribution >= 0.6 is 23.2 Å². The molecule has 0 aliphatic heterocycles. The molecule has 0 bridgehead atoms. The van der Waals surface area contributed by atoms with E-state index in [4.69, 9.17) is 27.9 Å². The number of ether oxygens (including phenoxy) is 1. The first-order chi connectivity index (χ1) is 16.4. The van der Waals surface area contributed by atoms with Gasteiger partial charge in [0.25, 0.3) is 11.8 Å². The highest BCUT2D eigenvalue weighted by molar-refractivity contribution is 7.92. The van der Waals surface area contributed by atoms with Crippen molar-refractivity contribution in [2.75, 3.05) is 24.9 Å². The van der Waals surface area contributed by atoms with Crippen molar-refractivity contribution < 1.29 is 28.4 Å². The molecule has 0 spiro atoms. The zero-order valence-electron chi connectivity index (χ0n) is 18.7. The fourth-order valence-electron chi connectivity index (χ4n) is 3.02. The highest BCUT2D eigenvalue weighted by Gasteiger charge is 2.22. The minimum atomic E-state index is -2.74. The maximum Gasteiger partial charge on any atom is 0.338 e. The van der Waals surface area contributed by atoms with E-state index >= 15 is 0 Å². The van der Waals surface area contributed by atoms with Gasteiger partial charge in [-0.05, 0) is 36.4 Å². The highest BCUT2D eigenvalue weighted by atomic mass is 35.5. The summed E-state index contributed by atoms with van der Waals surface area (Å²) in [5.74, 6) is -2.96. The lowest BCUT2D eigenvalue weighted by molar-refractivity contribution is 0.0597. The molecule has 0 saturated carbocycles. The SMILES string of the molecule is COC(=O)c1cc(C(=O)N=S(C)(C)=O)ccc1C(=O)Nc1cc(-c2ccc(Cl)cc2Cl)cnc1O. The Hall–Kier alpha value is -3.47. The molecule has 2 aromatic carbocycles. The van der Waals surface area contributed by atoms with Crippen molar-refractivity contribution in [1.29, 1.82) is 0 Å². The second-order valence-corrected chi connectivity index (χ2v) is 10.9. The smallest absolute Gasteiger partial charge is 0.338 e. The summed E-state index contributed by atoms with van der Waals surface area (Å²) in [5, 5.41) is 13.4. The predicted molar refractivity (Wildman–Crippen MR) is 134 cm³/mol. The van der Waals surface area contributed by atoms with Crippen molar-refractivity contribution in [3.63, 3.8) is 0 Å². The number of anilines is 1. The number of pyridine rings is 1. The highest BCUT2D eigenvalue weighted by Crippen LogP contribution is 2.33. The second kappa shape index (κ2) is 10.4. The zero-order valence-corrected chi connectivity index (χ0v) is 21.0. The largest absolute Gasteiger partial charge is 0.492 e. The van der Waals surface area contributed by atoms with Crippen molar-refractivity contribution in [3.05, 3.63) is 75.4 Å². The van der Waals surface area contributed by atoms with Crippen molar-refractivity contribution in [1.82, 2.24) is 4.98 Å². The van der Waals surface area contributed by atoms with E-state index in [-0.39, 0.29) is 22.4 Å². The van der Waals surface area contributed by atoms with Gasteiger partial charge in [0.1, 0.15) is 5.69 Å². The number of hydrogen-bond donors (Lipinski definition) is 2. The van der Waals surface area contributed by atoms with Gasteiger partial charge in [-0.2, -0.15) is 4.36 Å². The van der Waals surface area contributed by atoms with Crippen LogP contribution in [0.5, 0.6) is 5.88 Å². The first-order valence-electron chi connectivity index (χ1n) is 9.79. The molecule has 0 radical (unpaired) electrons. The van der Waals surface area contributed by atoms with Crippen molar-refractivity contribution >= 4 is 56.4 Å². The first kappa shape index (κ1) is 26.1. The van der Waals surface area contributed by atoms with Gasteiger partial charge in [-0.1, -0.05) is 29.3 Å². The fourth-order valence-corrected chi connectivity index (χ4v) is 4.04. The Labute approximate surface area is 211 Å². The van der Waals surface area contributed by atoms with Gasteiger partial charge in [0.2, 0.25) is 5.88 Å². The summed E-state index contributed by atoms with van der Waals surface area (Å²) in [7, 11) is -1.62. The molecule has 0 aliphatic rings. The number of aromatic hydroxyl groups is 1. The number of hydrogen-bond acceptors (Lipinski definition) is 7. The Kier molecular flexibility index (Phi) is 7.79. The predicted octanol–water partition coefficient (Wildman–Crippen LogP) is 4.67. The molecule has 3 rings (SSSR count). The van der Waals surface area contributed by atoms with Crippen LogP contribution in [0.25, 0.3) is 11.1 Å². The van der Waals surface area contributed by atoms with Crippen LogP contribution in [0.4, 0.5) is 5.69 Å². The van der Waals surface area contributed by atoms with Gasteiger partial charge < -0.3 is 15.2 Å². The van der Waals surface area contributed by atoms with Crippen molar-refractivity contribution in [2.45, 2.75) is 0 Å². The molecule has 0 atom stereocenters. The number of rotatable bonds is 5. The zero-order chi connectivity index (χ0) is 25.9. The lowest BCUT2D eigenvalue weighted by Gasteiger charge is -2.12. The molecule has 1 heterocycles. The maximum absolute atomic E-state index is 13.0. The Morgan fingerprint density at radius 2 is 1.77 bits per heavy atom. The molecular weight excluding hydrogens is 517 g/mol. The lowest BCUT2D eigenvalue weighted by atomic mass is 10.0. The number of carbonyl (C=O) groups is 3. The van der Waals surface area contributed by atoms with Crippen LogP contribution in [0, 0.1) is 0 Å². The van der Waals surface area contributed by atoms with Gasteiger partial charge in [-0.3, -0.25) is 9.59 Å². The molecule has 0 unspecified atom stereocenters. The summed E-state index contributed by atoms with van der Waals surface area (Å²) in [6, 6.07) is 9.88. The number of amides is 2. The van der Waals surface area contributed by atoms with E-state index in [0.29, 0.717) is 21.2 Å². The van der Waals surface area contributed by atoms with Crippen LogP contribution in [0.1, 0.15) is 31.1 Å². The monoisotopic (exact) mass is 535 g/mol. The molecule has 35 heavy (non-hydrogen) atoms. The lowest BCUT2D eigenvalue weighted by Crippen LogP contribution is -2.18. The van der Waals surface area contributed by atoms with Gasteiger partial charge in [0, 0.05) is 55.2 Å². The molecule has 1 aromatic heterocycles. The molecular formula is C23H19Cl2N3O6S. The molecule has 0 aliphatic carbocycles. The average Bonchev–Trinajstić information content (AvgIpc) is 2.78. The molecule has 0 saturated heterocycles.